The molecule has 0 radical (unpaired) electrons. The minimum absolute atomic E-state index is 0.481. The van der Waals surface area contributed by atoms with Gasteiger partial charge in [0, 0.05) is 0 Å². The molecule has 0 aromatic rings. The lowest BCUT2D eigenvalue weighted by molar-refractivity contribution is 0.147. The van der Waals surface area contributed by atoms with Crippen LogP contribution >= 0.6 is 0 Å². The molecule has 6 rings (SSSR count). The van der Waals surface area contributed by atoms with Crippen molar-refractivity contribution in [2.75, 3.05) is 0 Å². The van der Waals surface area contributed by atoms with Crippen molar-refractivity contribution < 1.29 is 0 Å². The van der Waals surface area contributed by atoms with Crippen LogP contribution in [0.15, 0.2) is 58.2 Å². The molecular formula is C38H58. The summed E-state index contributed by atoms with van der Waals surface area (Å²) >= 11 is 0. The van der Waals surface area contributed by atoms with Crippen molar-refractivity contribution in [1.82, 2.24) is 0 Å². The number of allylic oxidation sites excluding steroid dienone is 10. The molecular weight excluding hydrogens is 456 g/mol. The number of fused-ring (bicyclic) bond motifs is 2. The molecule has 0 spiro atoms. The van der Waals surface area contributed by atoms with E-state index in [-0.39, 0.29) is 0 Å². The fourth-order valence-electron chi connectivity index (χ4n) is 9.32. The van der Waals surface area contributed by atoms with E-state index in [0.29, 0.717) is 10.8 Å². The molecule has 0 heteroatoms. The van der Waals surface area contributed by atoms with Crippen molar-refractivity contribution >= 4 is 0 Å². The lowest BCUT2D eigenvalue weighted by Crippen LogP contribution is -2.31. The molecule has 5 unspecified atom stereocenters. The van der Waals surface area contributed by atoms with E-state index in [2.05, 4.69) is 58.1 Å². The first-order valence-corrected chi connectivity index (χ1v) is 16.8. The predicted octanol–water partition coefficient (Wildman–Crippen LogP) is 12.0. The Labute approximate surface area is 236 Å². The van der Waals surface area contributed by atoms with Gasteiger partial charge in [-0.1, -0.05) is 91.9 Å². The third-order valence-corrected chi connectivity index (χ3v) is 12.4. The molecule has 210 valence electrons. The highest BCUT2D eigenvalue weighted by Crippen LogP contribution is 2.57. The smallest absolute Gasteiger partial charge is 0.00506 e. The standard InChI is InChI=1S/C19H30.C19H28/c2*1-15-10-13-18-17(9-6-14-19(15,18)2)12-11-16-7-4-3-5-8-16/h11-12,15,18H,3-10,13-14H2,1-2H3;10-12,18H,3-9,13-14H2,1-2H3/b2*17-12+. The molecule has 0 amide bonds. The maximum atomic E-state index is 2.57. The topological polar surface area (TPSA) is 0 Å². The second-order valence-electron chi connectivity index (χ2n) is 14.6. The molecule has 0 aromatic heterocycles. The average molecular weight is 515 g/mol. The molecule has 6 aliphatic rings. The van der Waals surface area contributed by atoms with Crippen molar-refractivity contribution in [2.24, 2.45) is 28.6 Å². The number of hydrogen-bond donors (Lipinski definition) is 0. The first-order valence-electron chi connectivity index (χ1n) is 16.8. The lowest BCUT2D eigenvalue weighted by atomic mass is 9.64. The van der Waals surface area contributed by atoms with Gasteiger partial charge in [-0.05, 0) is 145 Å². The Kier molecular flexibility index (Phi) is 9.27. The molecule has 5 saturated carbocycles. The van der Waals surface area contributed by atoms with Gasteiger partial charge in [-0.3, -0.25) is 0 Å². The summed E-state index contributed by atoms with van der Waals surface area (Å²) in [4.78, 5) is 0. The second-order valence-corrected chi connectivity index (χ2v) is 14.6. The van der Waals surface area contributed by atoms with Crippen LogP contribution in [0.1, 0.15) is 150 Å². The van der Waals surface area contributed by atoms with E-state index >= 15 is 0 Å². The van der Waals surface area contributed by atoms with E-state index in [0.717, 1.165) is 17.8 Å². The quantitative estimate of drug-likeness (QED) is 0.321. The Morgan fingerprint density at radius 3 is 1.79 bits per heavy atom. The van der Waals surface area contributed by atoms with Gasteiger partial charge in [0.15, 0.2) is 0 Å². The van der Waals surface area contributed by atoms with Crippen molar-refractivity contribution in [1.29, 1.82) is 0 Å². The Morgan fingerprint density at radius 2 is 1.18 bits per heavy atom. The zero-order chi connectivity index (χ0) is 26.6. The molecule has 0 aromatic carbocycles. The van der Waals surface area contributed by atoms with Crippen LogP contribution in [0.4, 0.5) is 0 Å². The fourth-order valence-corrected chi connectivity index (χ4v) is 9.32. The predicted molar refractivity (Wildman–Crippen MR) is 166 cm³/mol. The molecule has 0 bridgehead atoms. The summed E-state index contributed by atoms with van der Waals surface area (Å²) in [5.41, 5.74) is 9.69. The highest BCUT2D eigenvalue weighted by molar-refractivity contribution is 5.32. The second kappa shape index (κ2) is 12.5. The normalized spacial score (nSPS) is 39.3. The molecule has 0 aliphatic heterocycles. The molecule has 0 nitrogen and oxygen atoms in total. The van der Waals surface area contributed by atoms with Crippen LogP contribution in [0.2, 0.25) is 0 Å². The molecule has 0 saturated heterocycles. The van der Waals surface area contributed by atoms with Gasteiger partial charge in [-0.2, -0.15) is 0 Å². The zero-order valence-electron chi connectivity index (χ0n) is 25.6. The van der Waals surface area contributed by atoms with Gasteiger partial charge in [0.05, 0.1) is 0 Å². The Balaban J connectivity index is 0.000000155. The summed E-state index contributed by atoms with van der Waals surface area (Å²) in [6, 6.07) is 0. The van der Waals surface area contributed by atoms with Gasteiger partial charge in [0.2, 0.25) is 0 Å². The molecule has 5 fully saturated rings. The van der Waals surface area contributed by atoms with Gasteiger partial charge in [0.25, 0.3) is 0 Å². The first kappa shape index (κ1) is 28.2. The molecule has 38 heavy (non-hydrogen) atoms. The van der Waals surface area contributed by atoms with Crippen LogP contribution in [0.3, 0.4) is 0 Å². The minimum atomic E-state index is 0.481. The van der Waals surface area contributed by atoms with Crippen molar-refractivity contribution in [3.63, 3.8) is 0 Å². The zero-order valence-corrected chi connectivity index (χ0v) is 25.6. The lowest BCUT2D eigenvalue weighted by Gasteiger charge is -2.41. The molecule has 0 heterocycles. The molecule has 6 aliphatic carbocycles. The Bertz CT molecular complexity index is 924. The van der Waals surface area contributed by atoms with Crippen molar-refractivity contribution in [3.05, 3.63) is 58.2 Å². The SMILES string of the molecule is CC1=CCC2/C(=C/C=C3CCCCC3)CCCC12C.CC1CCC2/C(=C/C=C3CCCCC3)CCCC12C. The summed E-state index contributed by atoms with van der Waals surface area (Å²) in [5.74, 6) is 2.64. The van der Waals surface area contributed by atoms with Crippen LogP contribution in [0.5, 0.6) is 0 Å². The van der Waals surface area contributed by atoms with E-state index in [1.165, 1.54) is 122 Å². The monoisotopic (exact) mass is 514 g/mol. The third-order valence-electron chi connectivity index (χ3n) is 12.4. The summed E-state index contributed by atoms with van der Waals surface area (Å²) < 4.78 is 0. The largest absolute Gasteiger partial charge is 0.0844 e. The van der Waals surface area contributed by atoms with Gasteiger partial charge in [-0.15, -0.1) is 0 Å². The van der Waals surface area contributed by atoms with E-state index in [1.807, 2.05) is 0 Å². The summed E-state index contributed by atoms with van der Waals surface area (Å²) in [6.45, 7) is 9.90. The number of rotatable bonds is 2. The van der Waals surface area contributed by atoms with Gasteiger partial charge < -0.3 is 0 Å². The van der Waals surface area contributed by atoms with Gasteiger partial charge >= 0.3 is 0 Å². The van der Waals surface area contributed by atoms with Crippen LogP contribution < -0.4 is 0 Å². The van der Waals surface area contributed by atoms with Crippen LogP contribution in [0.25, 0.3) is 0 Å². The first-order chi connectivity index (χ1) is 18.4. The van der Waals surface area contributed by atoms with Crippen molar-refractivity contribution in [2.45, 2.75) is 150 Å². The average Bonchev–Trinajstić information content (AvgIpc) is 3.43. The molecule has 5 atom stereocenters. The highest BCUT2D eigenvalue weighted by atomic mass is 14.5. The van der Waals surface area contributed by atoms with Gasteiger partial charge in [0.1, 0.15) is 0 Å². The summed E-state index contributed by atoms with van der Waals surface area (Å²) in [7, 11) is 0. The highest BCUT2D eigenvalue weighted by Gasteiger charge is 2.47. The van der Waals surface area contributed by atoms with Gasteiger partial charge in [-0.25, -0.2) is 0 Å². The van der Waals surface area contributed by atoms with Crippen LogP contribution in [-0.2, 0) is 0 Å². The minimum Gasteiger partial charge on any atom is -0.0844 e. The summed E-state index contributed by atoms with van der Waals surface area (Å²) in [6.07, 6.45) is 39.1. The maximum absolute atomic E-state index is 2.57. The van der Waals surface area contributed by atoms with Crippen molar-refractivity contribution in [3.8, 4) is 0 Å². The summed E-state index contributed by atoms with van der Waals surface area (Å²) in [5, 5.41) is 0. The van der Waals surface area contributed by atoms with E-state index in [1.54, 1.807) is 27.9 Å². The third kappa shape index (κ3) is 6.05. The molecule has 0 N–H and O–H groups in total. The van der Waals surface area contributed by atoms with E-state index in [4.69, 9.17) is 0 Å². The fraction of sp³-hybridized carbons (Fsp3) is 0.737. The maximum Gasteiger partial charge on any atom is -0.00506 e. The van der Waals surface area contributed by atoms with E-state index in [9.17, 15) is 0 Å². The van der Waals surface area contributed by atoms with E-state index < -0.39 is 0 Å². The van der Waals surface area contributed by atoms with Crippen LogP contribution in [-0.4, -0.2) is 0 Å². The Morgan fingerprint density at radius 1 is 0.632 bits per heavy atom. The Hall–Kier alpha value is -1.30. The van der Waals surface area contributed by atoms with Crippen LogP contribution in [0, 0.1) is 28.6 Å². The number of hydrogen-bond acceptors (Lipinski definition) is 0.